The molecule has 0 unspecified atom stereocenters. The third-order valence-corrected chi connectivity index (χ3v) is 4.83. The van der Waals surface area contributed by atoms with Crippen molar-refractivity contribution in [3.8, 4) is 0 Å². The SMILES string of the molecule is C[C@H](Sc1ccc(Cl)cc1)C(=O)N[C@H](C(=O)OC(C)(C)C)[C@H](C)OC(C)(C)C. The Hall–Kier alpha value is -1.24. The number of hydrogen-bond donors (Lipinski definition) is 1. The third-order valence-electron chi connectivity index (χ3n) is 3.46. The smallest absolute Gasteiger partial charge is 0.331 e. The van der Waals surface area contributed by atoms with Crippen molar-refractivity contribution in [3.05, 3.63) is 29.3 Å². The zero-order valence-electron chi connectivity index (χ0n) is 18.0. The summed E-state index contributed by atoms with van der Waals surface area (Å²) in [5.74, 6) is -0.776. The van der Waals surface area contributed by atoms with E-state index in [1.807, 2.05) is 32.9 Å². The number of rotatable bonds is 7. The van der Waals surface area contributed by atoms with Crippen molar-refractivity contribution in [1.29, 1.82) is 0 Å². The Kier molecular flexibility index (Phi) is 8.85. The van der Waals surface area contributed by atoms with Gasteiger partial charge in [-0.3, -0.25) is 4.79 Å². The van der Waals surface area contributed by atoms with Gasteiger partial charge >= 0.3 is 5.97 Å². The first kappa shape index (κ1) is 24.8. The summed E-state index contributed by atoms with van der Waals surface area (Å²) in [7, 11) is 0. The first-order chi connectivity index (χ1) is 12.7. The van der Waals surface area contributed by atoms with Crippen LogP contribution in [0.3, 0.4) is 0 Å². The van der Waals surface area contributed by atoms with Crippen LogP contribution in [0.1, 0.15) is 55.4 Å². The van der Waals surface area contributed by atoms with Gasteiger partial charge < -0.3 is 14.8 Å². The summed E-state index contributed by atoms with van der Waals surface area (Å²) in [6.07, 6.45) is -0.550. The number of carbonyl (C=O) groups is 2. The van der Waals surface area contributed by atoms with Crippen LogP contribution in [-0.2, 0) is 19.1 Å². The van der Waals surface area contributed by atoms with Crippen LogP contribution in [0.2, 0.25) is 5.02 Å². The van der Waals surface area contributed by atoms with E-state index in [1.54, 1.807) is 46.8 Å². The van der Waals surface area contributed by atoms with Crippen molar-refractivity contribution in [2.45, 2.75) is 88.9 Å². The second-order valence-corrected chi connectivity index (χ2v) is 10.5. The molecule has 0 spiro atoms. The number of ether oxygens (including phenoxy) is 2. The molecule has 0 saturated carbocycles. The van der Waals surface area contributed by atoms with E-state index in [4.69, 9.17) is 21.1 Å². The normalized spacial score (nSPS) is 15.5. The molecule has 1 N–H and O–H groups in total. The minimum absolute atomic E-state index is 0.264. The molecular formula is C21H32ClNO4S. The summed E-state index contributed by atoms with van der Waals surface area (Å²) in [6.45, 7) is 14.6. The van der Waals surface area contributed by atoms with E-state index in [2.05, 4.69) is 5.32 Å². The van der Waals surface area contributed by atoms with E-state index >= 15 is 0 Å². The molecule has 158 valence electrons. The van der Waals surface area contributed by atoms with E-state index in [0.717, 1.165) is 4.90 Å². The fourth-order valence-electron chi connectivity index (χ4n) is 2.40. The van der Waals surface area contributed by atoms with Gasteiger partial charge in [0.25, 0.3) is 0 Å². The molecular weight excluding hydrogens is 398 g/mol. The number of thioether (sulfide) groups is 1. The molecule has 0 aromatic heterocycles. The number of amides is 1. The van der Waals surface area contributed by atoms with Crippen molar-refractivity contribution in [2.75, 3.05) is 0 Å². The summed E-state index contributed by atoms with van der Waals surface area (Å²) >= 11 is 7.29. The van der Waals surface area contributed by atoms with Gasteiger partial charge in [0.1, 0.15) is 5.60 Å². The molecule has 0 bridgehead atoms. The molecule has 0 radical (unpaired) electrons. The Morgan fingerprint density at radius 3 is 2.00 bits per heavy atom. The molecule has 5 nitrogen and oxygen atoms in total. The van der Waals surface area contributed by atoms with E-state index in [-0.39, 0.29) is 5.91 Å². The van der Waals surface area contributed by atoms with Gasteiger partial charge in [0.2, 0.25) is 5.91 Å². The first-order valence-electron chi connectivity index (χ1n) is 9.31. The van der Waals surface area contributed by atoms with Crippen LogP contribution in [0.15, 0.2) is 29.2 Å². The molecule has 0 aliphatic rings. The van der Waals surface area contributed by atoms with Crippen molar-refractivity contribution in [1.82, 2.24) is 5.32 Å². The van der Waals surface area contributed by atoms with Crippen LogP contribution in [0.5, 0.6) is 0 Å². The lowest BCUT2D eigenvalue weighted by Gasteiger charge is -2.32. The minimum Gasteiger partial charge on any atom is -0.458 e. The maximum Gasteiger partial charge on any atom is 0.331 e. The lowest BCUT2D eigenvalue weighted by atomic mass is 10.1. The number of halogens is 1. The number of benzene rings is 1. The molecule has 0 aliphatic heterocycles. The summed E-state index contributed by atoms with van der Waals surface area (Å²) in [4.78, 5) is 26.4. The predicted molar refractivity (Wildman–Crippen MR) is 115 cm³/mol. The number of hydrogen-bond acceptors (Lipinski definition) is 5. The lowest BCUT2D eigenvalue weighted by Crippen LogP contribution is -2.53. The van der Waals surface area contributed by atoms with Gasteiger partial charge in [0.15, 0.2) is 6.04 Å². The largest absolute Gasteiger partial charge is 0.458 e. The average molecular weight is 430 g/mol. The fourth-order valence-corrected chi connectivity index (χ4v) is 3.40. The average Bonchev–Trinajstić information content (AvgIpc) is 2.50. The molecule has 3 atom stereocenters. The highest BCUT2D eigenvalue weighted by Gasteiger charge is 2.35. The third kappa shape index (κ3) is 9.30. The van der Waals surface area contributed by atoms with Crippen LogP contribution in [-0.4, -0.2) is 40.5 Å². The standard InChI is InChI=1S/C21H32ClNO4S/c1-13(26-20(3,4)5)17(19(25)27-21(6,7)8)23-18(24)14(2)28-16-11-9-15(22)10-12-16/h9-14,17H,1-8H3,(H,23,24)/t13-,14-,17-/m0/s1. The van der Waals surface area contributed by atoms with E-state index in [1.165, 1.54) is 11.8 Å². The predicted octanol–water partition coefficient (Wildman–Crippen LogP) is 4.85. The van der Waals surface area contributed by atoms with Crippen LogP contribution >= 0.6 is 23.4 Å². The van der Waals surface area contributed by atoms with E-state index < -0.39 is 34.6 Å². The summed E-state index contributed by atoms with van der Waals surface area (Å²) in [5, 5.41) is 3.04. The minimum atomic E-state index is -0.904. The maximum absolute atomic E-state index is 12.7. The van der Waals surface area contributed by atoms with Gasteiger partial charge in [-0.2, -0.15) is 0 Å². The van der Waals surface area contributed by atoms with Crippen LogP contribution in [0.25, 0.3) is 0 Å². The molecule has 7 heteroatoms. The Morgan fingerprint density at radius 2 is 1.54 bits per heavy atom. The molecule has 28 heavy (non-hydrogen) atoms. The van der Waals surface area contributed by atoms with Crippen LogP contribution in [0.4, 0.5) is 0 Å². The molecule has 0 aliphatic carbocycles. The highest BCUT2D eigenvalue weighted by Crippen LogP contribution is 2.25. The van der Waals surface area contributed by atoms with Crippen LogP contribution in [0, 0.1) is 0 Å². The van der Waals surface area contributed by atoms with E-state index in [9.17, 15) is 9.59 Å². The van der Waals surface area contributed by atoms with Gasteiger partial charge in [-0.15, -0.1) is 11.8 Å². The maximum atomic E-state index is 12.7. The Balaban J connectivity index is 2.88. The highest BCUT2D eigenvalue weighted by molar-refractivity contribution is 8.00. The molecule has 1 amide bonds. The van der Waals surface area contributed by atoms with Gasteiger partial charge in [0, 0.05) is 9.92 Å². The van der Waals surface area contributed by atoms with Crippen molar-refractivity contribution in [3.63, 3.8) is 0 Å². The zero-order chi connectivity index (χ0) is 21.7. The van der Waals surface area contributed by atoms with Crippen molar-refractivity contribution < 1.29 is 19.1 Å². The Labute approximate surface area is 177 Å². The van der Waals surface area contributed by atoms with Gasteiger partial charge in [-0.05, 0) is 79.7 Å². The van der Waals surface area contributed by atoms with Crippen molar-refractivity contribution >= 4 is 35.2 Å². The van der Waals surface area contributed by atoms with Crippen LogP contribution < -0.4 is 5.32 Å². The quantitative estimate of drug-likeness (QED) is 0.495. The summed E-state index contributed by atoms with van der Waals surface area (Å²) in [6, 6.07) is 6.36. The topological polar surface area (TPSA) is 64.6 Å². The van der Waals surface area contributed by atoms with Crippen molar-refractivity contribution in [2.24, 2.45) is 0 Å². The second kappa shape index (κ2) is 9.99. The molecule has 1 rings (SSSR count). The lowest BCUT2D eigenvalue weighted by molar-refractivity contribution is -0.166. The number of esters is 1. The molecule has 1 aromatic rings. The summed E-state index contributed by atoms with van der Waals surface area (Å²) in [5.41, 5.74) is -1.13. The first-order valence-corrected chi connectivity index (χ1v) is 10.6. The van der Waals surface area contributed by atoms with Gasteiger partial charge in [-0.25, -0.2) is 4.79 Å². The Bertz CT molecular complexity index is 664. The Morgan fingerprint density at radius 1 is 1.00 bits per heavy atom. The second-order valence-electron chi connectivity index (χ2n) is 8.67. The molecule has 0 saturated heterocycles. The van der Waals surface area contributed by atoms with E-state index in [0.29, 0.717) is 5.02 Å². The molecule has 1 aromatic carbocycles. The zero-order valence-corrected chi connectivity index (χ0v) is 19.5. The molecule has 0 heterocycles. The number of nitrogens with one attached hydrogen (secondary N) is 1. The summed E-state index contributed by atoms with van der Waals surface area (Å²) < 4.78 is 11.4. The fraction of sp³-hybridized carbons (Fsp3) is 0.619. The number of carbonyl (C=O) groups excluding carboxylic acids is 2. The monoisotopic (exact) mass is 429 g/mol. The molecule has 0 fully saturated rings. The van der Waals surface area contributed by atoms with Gasteiger partial charge in [-0.1, -0.05) is 11.6 Å². The highest BCUT2D eigenvalue weighted by atomic mass is 35.5. The van der Waals surface area contributed by atoms with Gasteiger partial charge in [0.05, 0.1) is 17.0 Å².